The Kier molecular flexibility index (Phi) is 7.20. The molecule has 0 spiro atoms. The third-order valence-electron chi connectivity index (χ3n) is 3.32. The number of hydrogen-bond donors (Lipinski definition) is 2. The summed E-state index contributed by atoms with van der Waals surface area (Å²) < 4.78 is 0. The van der Waals surface area contributed by atoms with E-state index in [1.165, 1.54) is 30.0 Å². The zero-order valence-corrected chi connectivity index (χ0v) is 16.3. The lowest BCUT2D eigenvalue weighted by molar-refractivity contribution is -0.384. The van der Waals surface area contributed by atoms with Crippen LogP contribution < -0.4 is 10.6 Å². The molecule has 27 heavy (non-hydrogen) atoms. The van der Waals surface area contributed by atoms with Crippen LogP contribution in [-0.2, 0) is 4.79 Å². The largest absolute Gasteiger partial charge is 0.352 e. The molecule has 9 heteroatoms. The van der Waals surface area contributed by atoms with Crippen LogP contribution in [0, 0.1) is 10.1 Å². The van der Waals surface area contributed by atoms with Crippen molar-refractivity contribution in [1.82, 2.24) is 10.6 Å². The van der Waals surface area contributed by atoms with Crippen molar-refractivity contribution in [2.24, 2.45) is 0 Å². The first-order chi connectivity index (χ1) is 12.8. The van der Waals surface area contributed by atoms with Crippen molar-refractivity contribution in [3.05, 3.63) is 63.2 Å². The lowest BCUT2D eigenvalue weighted by Gasteiger charge is -2.11. The minimum absolute atomic E-state index is 0.0526. The van der Waals surface area contributed by atoms with E-state index in [0.717, 1.165) is 4.90 Å². The average molecular weight is 408 g/mol. The lowest BCUT2D eigenvalue weighted by Crippen LogP contribution is -2.39. The molecular formula is C18H18ClN3O4S. The van der Waals surface area contributed by atoms with Gasteiger partial charge in [-0.05, 0) is 44.2 Å². The summed E-state index contributed by atoms with van der Waals surface area (Å²) in [4.78, 5) is 36.1. The lowest BCUT2D eigenvalue weighted by atomic mass is 10.2. The molecule has 0 radical (unpaired) electrons. The van der Waals surface area contributed by atoms with Crippen molar-refractivity contribution in [2.75, 3.05) is 6.54 Å². The smallest absolute Gasteiger partial charge is 0.270 e. The van der Waals surface area contributed by atoms with Crippen molar-refractivity contribution < 1.29 is 14.5 Å². The Morgan fingerprint density at radius 2 is 1.85 bits per heavy atom. The van der Waals surface area contributed by atoms with Crippen molar-refractivity contribution in [3.8, 4) is 0 Å². The van der Waals surface area contributed by atoms with Gasteiger partial charge in [-0.2, -0.15) is 0 Å². The number of carbonyl (C=O) groups is 2. The molecule has 0 unspecified atom stereocenters. The van der Waals surface area contributed by atoms with E-state index in [2.05, 4.69) is 10.6 Å². The number of halogens is 1. The molecule has 2 aromatic rings. The van der Waals surface area contributed by atoms with Crippen LogP contribution in [0.1, 0.15) is 24.2 Å². The summed E-state index contributed by atoms with van der Waals surface area (Å²) in [5.74, 6) is -0.898. The van der Waals surface area contributed by atoms with Gasteiger partial charge < -0.3 is 10.6 Å². The first kappa shape index (κ1) is 20.7. The number of non-ortho nitro benzene ring substituents is 1. The zero-order valence-electron chi connectivity index (χ0n) is 14.7. The molecule has 0 aliphatic carbocycles. The van der Waals surface area contributed by atoms with E-state index in [4.69, 9.17) is 11.6 Å². The molecule has 0 heterocycles. The highest BCUT2D eigenvalue weighted by atomic mass is 35.5. The van der Waals surface area contributed by atoms with Gasteiger partial charge in [-0.3, -0.25) is 19.7 Å². The third kappa shape index (κ3) is 6.26. The van der Waals surface area contributed by atoms with Gasteiger partial charge in [0.15, 0.2) is 0 Å². The van der Waals surface area contributed by atoms with E-state index in [1.807, 2.05) is 0 Å². The molecule has 2 aromatic carbocycles. The van der Waals surface area contributed by atoms with Crippen LogP contribution in [0.2, 0.25) is 5.02 Å². The van der Waals surface area contributed by atoms with Crippen molar-refractivity contribution in [2.45, 2.75) is 29.7 Å². The average Bonchev–Trinajstić information content (AvgIpc) is 2.61. The summed E-state index contributed by atoms with van der Waals surface area (Å²) in [7, 11) is 0. The van der Waals surface area contributed by atoms with Gasteiger partial charge >= 0.3 is 0 Å². The maximum absolute atomic E-state index is 12.5. The number of rotatable bonds is 7. The Hall–Kier alpha value is -2.58. The Labute approximate surface area is 165 Å². The molecule has 2 rings (SSSR count). The number of hydrogen-bond acceptors (Lipinski definition) is 5. The van der Waals surface area contributed by atoms with E-state index in [-0.39, 0.29) is 29.7 Å². The summed E-state index contributed by atoms with van der Waals surface area (Å²) >= 11 is 7.15. The minimum atomic E-state index is -0.570. The molecule has 0 fully saturated rings. The number of benzene rings is 2. The number of carbonyl (C=O) groups excluding carboxylic acids is 2. The molecule has 2 N–H and O–H groups in total. The number of nitro benzene ring substituents is 1. The standard InChI is InChI=1S/C18H18ClN3O4S/c1-11(2)21-17(23)10-20-18(24)15-9-13(22(25)26)5-8-16(15)27-14-6-3-12(19)4-7-14/h3-9,11H,10H2,1-2H3,(H,20,24)(H,21,23). The Morgan fingerprint density at radius 1 is 1.19 bits per heavy atom. The van der Waals surface area contributed by atoms with Gasteiger partial charge in [0.2, 0.25) is 5.91 Å². The SMILES string of the molecule is CC(C)NC(=O)CNC(=O)c1cc([N+](=O)[O-])ccc1Sc1ccc(Cl)cc1. The predicted octanol–water partition coefficient (Wildman–Crippen LogP) is 3.65. The molecule has 0 atom stereocenters. The fourth-order valence-electron chi connectivity index (χ4n) is 2.16. The number of nitro groups is 1. The molecule has 0 aromatic heterocycles. The van der Waals surface area contributed by atoms with Crippen molar-refractivity contribution >= 4 is 40.9 Å². The highest BCUT2D eigenvalue weighted by Gasteiger charge is 2.18. The maximum Gasteiger partial charge on any atom is 0.270 e. The summed E-state index contributed by atoms with van der Waals surface area (Å²) in [6, 6.07) is 11.0. The maximum atomic E-state index is 12.5. The van der Waals surface area contributed by atoms with E-state index >= 15 is 0 Å². The van der Waals surface area contributed by atoms with Gasteiger partial charge in [-0.1, -0.05) is 23.4 Å². The molecule has 7 nitrogen and oxygen atoms in total. The molecule has 0 bridgehead atoms. The zero-order chi connectivity index (χ0) is 20.0. The molecule has 0 aliphatic heterocycles. The van der Waals surface area contributed by atoms with Crippen LogP contribution in [0.25, 0.3) is 0 Å². The van der Waals surface area contributed by atoms with Crippen LogP contribution in [0.15, 0.2) is 52.3 Å². The summed E-state index contributed by atoms with van der Waals surface area (Å²) in [5.41, 5.74) is -0.0752. The first-order valence-corrected chi connectivity index (χ1v) is 9.25. The molecule has 142 valence electrons. The summed E-state index contributed by atoms with van der Waals surface area (Å²) in [6.07, 6.45) is 0. The Balaban J connectivity index is 2.23. The van der Waals surface area contributed by atoms with E-state index in [1.54, 1.807) is 38.1 Å². The summed E-state index contributed by atoms with van der Waals surface area (Å²) in [6.45, 7) is 3.40. The Morgan fingerprint density at radius 3 is 2.44 bits per heavy atom. The van der Waals surface area contributed by atoms with E-state index in [0.29, 0.717) is 9.92 Å². The summed E-state index contributed by atoms with van der Waals surface area (Å²) in [5, 5.41) is 16.8. The van der Waals surface area contributed by atoms with Crippen LogP contribution >= 0.6 is 23.4 Å². The van der Waals surface area contributed by atoms with Crippen LogP contribution in [0.5, 0.6) is 0 Å². The van der Waals surface area contributed by atoms with Crippen molar-refractivity contribution in [1.29, 1.82) is 0 Å². The first-order valence-electron chi connectivity index (χ1n) is 8.05. The van der Waals surface area contributed by atoms with Crippen molar-refractivity contribution in [3.63, 3.8) is 0 Å². The second kappa shape index (κ2) is 9.38. The highest BCUT2D eigenvalue weighted by Crippen LogP contribution is 2.33. The normalized spacial score (nSPS) is 10.5. The van der Waals surface area contributed by atoms with E-state index < -0.39 is 10.8 Å². The van der Waals surface area contributed by atoms with Gasteiger partial charge in [0, 0.05) is 33.0 Å². The van der Waals surface area contributed by atoms with Crippen LogP contribution in [0.3, 0.4) is 0 Å². The third-order valence-corrected chi connectivity index (χ3v) is 4.65. The fourth-order valence-corrected chi connectivity index (χ4v) is 3.21. The van der Waals surface area contributed by atoms with Gasteiger partial charge in [-0.15, -0.1) is 0 Å². The number of nitrogens with one attached hydrogen (secondary N) is 2. The molecule has 2 amide bonds. The van der Waals surface area contributed by atoms with Crippen LogP contribution in [0.4, 0.5) is 5.69 Å². The number of amides is 2. The number of nitrogens with zero attached hydrogens (tertiary/aromatic N) is 1. The molecule has 0 saturated carbocycles. The van der Waals surface area contributed by atoms with Gasteiger partial charge in [0.1, 0.15) is 0 Å². The van der Waals surface area contributed by atoms with Gasteiger partial charge in [0.25, 0.3) is 11.6 Å². The van der Waals surface area contributed by atoms with Gasteiger partial charge in [0.05, 0.1) is 17.0 Å². The topological polar surface area (TPSA) is 101 Å². The second-order valence-electron chi connectivity index (χ2n) is 5.90. The predicted molar refractivity (Wildman–Crippen MR) is 104 cm³/mol. The van der Waals surface area contributed by atoms with Gasteiger partial charge in [-0.25, -0.2) is 0 Å². The molecule has 0 saturated heterocycles. The highest BCUT2D eigenvalue weighted by molar-refractivity contribution is 7.99. The fraction of sp³-hybridized carbons (Fsp3) is 0.222. The Bertz CT molecular complexity index is 856. The van der Waals surface area contributed by atoms with Crippen LogP contribution in [-0.4, -0.2) is 29.3 Å². The molecular weight excluding hydrogens is 390 g/mol. The van der Waals surface area contributed by atoms with E-state index in [9.17, 15) is 19.7 Å². The monoisotopic (exact) mass is 407 g/mol. The second-order valence-corrected chi connectivity index (χ2v) is 7.45. The minimum Gasteiger partial charge on any atom is -0.352 e. The quantitative estimate of drug-likeness (QED) is 0.538. The molecule has 0 aliphatic rings.